The Morgan fingerprint density at radius 1 is 1.33 bits per heavy atom. The fourth-order valence-electron chi connectivity index (χ4n) is 0.866. The van der Waals surface area contributed by atoms with Gasteiger partial charge < -0.3 is 0 Å². The van der Waals surface area contributed by atoms with E-state index in [9.17, 15) is 0 Å². The second kappa shape index (κ2) is 3.40. The third-order valence-corrected chi connectivity index (χ3v) is 4.51. The van der Waals surface area contributed by atoms with E-state index in [1.807, 2.05) is 0 Å². The van der Waals surface area contributed by atoms with Crippen LogP contribution in [0.15, 0.2) is 0 Å². The molecule has 0 saturated carbocycles. The van der Waals surface area contributed by atoms with Crippen LogP contribution in [0.25, 0.3) is 0 Å². The molecule has 0 saturated heterocycles. The van der Waals surface area contributed by atoms with Crippen molar-refractivity contribution in [3.8, 4) is 0 Å². The summed E-state index contributed by atoms with van der Waals surface area (Å²) in [4.78, 5) is 0. The highest BCUT2D eigenvalue weighted by atomic mass is 28.1. The molecule has 0 bridgehead atoms. The smallest absolute Gasteiger partial charge is 0.00739 e. The van der Waals surface area contributed by atoms with E-state index in [1.165, 1.54) is 23.1 Å². The van der Waals surface area contributed by atoms with E-state index in [0.29, 0.717) is 5.41 Å². The molecular weight excluding hydrogens is 124 g/mol. The maximum absolute atomic E-state index is 2.35. The first-order valence-corrected chi connectivity index (χ1v) is 5.14. The van der Waals surface area contributed by atoms with E-state index in [4.69, 9.17) is 0 Å². The Hall–Kier alpha value is 0.217. The van der Waals surface area contributed by atoms with Crippen molar-refractivity contribution in [2.24, 2.45) is 5.41 Å². The number of hydrogen-bond acceptors (Lipinski definition) is 0. The van der Waals surface area contributed by atoms with Gasteiger partial charge in [-0.1, -0.05) is 40.5 Å². The highest BCUT2D eigenvalue weighted by molar-refractivity contribution is 6.12. The molecule has 0 nitrogen and oxygen atoms in total. The van der Waals surface area contributed by atoms with E-state index in [1.54, 1.807) is 0 Å². The van der Waals surface area contributed by atoms with Crippen LogP contribution in [0, 0.1) is 5.41 Å². The van der Waals surface area contributed by atoms with E-state index >= 15 is 0 Å². The number of hydrogen-bond donors (Lipinski definition) is 0. The molecule has 0 aromatic rings. The molecular formula is C8H20Si. The molecule has 0 aliphatic rings. The molecule has 0 aromatic carbocycles. The summed E-state index contributed by atoms with van der Waals surface area (Å²) in [6, 6.07) is 0. The van der Waals surface area contributed by atoms with Crippen molar-refractivity contribution in [1.82, 2.24) is 0 Å². The quantitative estimate of drug-likeness (QED) is 0.520. The topological polar surface area (TPSA) is 0 Å². The van der Waals surface area contributed by atoms with Gasteiger partial charge in [-0.15, -0.1) is 0 Å². The molecule has 0 aliphatic carbocycles. The first-order valence-electron chi connectivity index (χ1n) is 3.98. The molecule has 9 heavy (non-hydrogen) atoms. The summed E-state index contributed by atoms with van der Waals surface area (Å²) >= 11 is 0. The van der Waals surface area contributed by atoms with Gasteiger partial charge in [-0.3, -0.25) is 0 Å². The molecule has 0 radical (unpaired) electrons. The largest absolute Gasteiger partial charge is 0.0654 e. The summed E-state index contributed by atoms with van der Waals surface area (Å²) in [5.74, 6) is 0. The van der Waals surface area contributed by atoms with Crippen LogP contribution in [0.1, 0.15) is 40.5 Å². The first kappa shape index (κ1) is 9.22. The van der Waals surface area contributed by atoms with Crippen LogP contribution in [-0.4, -0.2) is 10.2 Å². The third kappa shape index (κ3) is 3.74. The Bertz CT molecular complexity index is 71.1. The predicted octanol–water partition coefficient (Wildman–Crippen LogP) is 1.99. The van der Waals surface area contributed by atoms with Crippen LogP contribution in [-0.2, 0) is 0 Å². The molecule has 1 unspecified atom stereocenters. The Kier molecular flexibility index (Phi) is 3.48. The van der Waals surface area contributed by atoms with Gasteiger partial charge in [0.1, 0.15) is 0 Å². The van der Waals surface area contributed by atoms with Gasteiger partial charge in [-0.2, -0.15) is 0 Å². The normalized spacial score (nSPS) is 16.0. The minimum Gasteiger partial charge on any atom is -0.0654 e. The molecule has 0 spiro atoms. The molecule has 0 aliphatic heterocycles. The fraction of sp³-hybridized carbons (Fsp3) is 1.00. The zero-order valence-electron chi connectivity index (χ0n) is 7.49. The van der Waals surface area contributed by atoms with E-state index in [-0.39, 0.29) is 0 Å². The summed E-state index contributed by atoms with van der Waals surface area (Å²) in [5, 5.41) is 0. The molecule has 1 atom stereocenters. The third-order valence-electron chi connectivity index (χ3n) is 2.20. The van der Waals surface area contributed by atoms with Crippen LogP contribution in [0.2, 0.25) is 5.54 Å². The summed E-state index contributed by atoms with van der Waals surface area (Å²) in [6.45, 7) is 9.32. The monoisotopic (exact) mass is 144 g/mol. The van der Waals surface area contributed by atoms with Crippen molar-refractivity contribution >= 4 is 10.2 Å². The molecule has 0 heterocycles. The van der Waals surface area contributed by atoms with Crippen LogP contribution in [0.3, 0.4) is 0 Å². The maximum Gasteiger partial charge on any atom is 0.00739 e. The Morgan fingerprint density at radius 2 is 1.78 bits per heavy atom. The molecule has 0 N–H and O–H groups in total. The van der Waals surface area contributed by atoms with Gasteiger partial charge >= 0.3 is 0 Å². The van der Waals surface area contributed by atoms with E-state index < -0.39 is 0 Å². The average molecular weight is 144 g/mol. The minimum atomic E-state index is 0.572. The summed E-state index contributed by atoms with van der Waals surface area (Å²) in [6.07, 6.45) is 2.78. The van der Waals surface area contributed by atoms with Crippen molar-refractivity contribution in [1.29, 1.82) is 0 Å². The van der Waals surface area contributed by atoms with Crippen molar-refractivity contribution in [2.75, 3.05) is 0 Å². The standard InChI is InChI=1S/C8H20Si/c1-5-6-7(9)8(2,3)4/h7H,5-6H2,1-4,9H3. The molecule has 0 fully saturated rings. The molecule has 0 aromatic heterocycles. The summed E-state index contributed by atoms with van der Waals surface area (Å²) in [5.41, 5.74) is 1.57. The summed E-state index contributed by atoms with van der Waals surface area (Å²) in [7, 11) is 1.36. The SMILES string of the molecule is CCCC([SiH3])C(C)(C)C. The second-order valence-corrected chi connectivity index (χ2v) is 5.45. The van der Waals surface area contributed by atoms with Crippen LogP contribution in [0.5, 0.6) is 0 Å². The van der Waals surface area contributed by atoms with Crippen molar-refractivity contribution < 1.29 is 0 Å². The second-order valence-electron chi connectivity index (χ2n) is 4.06. The lowest BCUT2D eigenvalue weighted by atomic mass is 9.89. The van der Waals surface area contributed by atoms with Crippen LogP contribution < -0.4 is 0 Å². The van der Waals surface area contributed by atoms with Gasteiger partial charge in [0.25, 0.3) is 0 Å². The lowest BCUT2D eigenvalue weighted by Gasteiger charge is -2.26. The molecule has 1 heteroatoms. The Labute approximate surface area is 62.5 Å². The van der Waals surface area contributed by atoms with Crippen LogP contribution in [0.4, 0.5) is 0 Å². The van der Waals surface area contributed by atoms with Gasteiger partial charge in [-0.25, -0.2) is 0 Å². The Balaban J connectivity index is 3.59. The lowest BCUT2D eigenvalue weighted by molar-refractivity contribution is 0.364. The van der Waals surface area contributed by atoms with E-state index in [2.05, 4.69) is 27.7 Å². The molecule has 0 amide bonds. The fourth-order valence-corrected chi connectivity index (χ4v) is 1.44. The minimum absolute atomic E-state index is 0.572. The van der Waals surface area contributed by atoms with Crippen LogP contribution >= 0.6 is 0 Å². The zero-order valence-corrected chi connectivity index (χ0v) is 9.49. The van der Waals surface area contributed by atoms with Gasteiger partial charge in [0.15, 0.2) is 0 Å². The summed E-state index contributed by atoms with van der Waals surface area (Å²) < 4.78 is 0. The Morgan fingerprint density at radius 3 is 1.89 bits per heavy atom. The lowest BCUT2D eigenvalue weighted by Crippen LogP contribution is -2.14. The van der Waals surface area contributed by atoms with Gasteiger partial charge in [0.2, 0.25) is 0 Å². The van der Waals surface area contributed by atoms with Gasteiger partial charge in [0, 0.05) is 10.2 Å². The zero-order chi connectivity index (χ0) is 7.49. The molecule has 0 rings (SSSR count). The number of rotatable bonds is 2. The average Bonchev–Trinajstić information content (AvgIpc) is 1.64. The van der Waals surface area contributed by atoms with Crippen molar-refractivity contribution in [2.45, 2.75) is 46.1 Å². The van der Waals surface area contributed by atoms with Crippen molar-refractivity contribution in [3.63, 3.8) is 0 Å². The van der Waals surface area contributed by atoms with Gasteiger partial charge in [0.05, 0.1) is 0 Å². The van der Waals surface area contributed by atoms with E-state index in [0.717, 1.165) is 5.54 Å². The molecule has 56 valence electrons. The highest BCUT2D eigenvalue weighted by Crippen LogP contribution is 2.31. The maximum atomic E-state index is 2.35. The van der Waals surface area contributed by atoms with Crippen molar-refractivity contribution in [3.05, 3.63) is 0 Å². The predicted molar refractivity (Wildman–Crippen MR) is 48.1 cm³/mol. The first-order chi connectivity index (χ1) is 3.98. The highest BCUT2D eigenvalue weighted by Gasteiger charge is 2.17. The van der Waals surface area contributed by atoms with Gasteiger partial charge in [-0.05, 0) is 11.0 Å².